The van der Waals surface area contributed by atoms with Gasteiger partial charge in [-0.3, -0.25) is 0 Å². The van der Waals surface area contributed by atoms with Gasteiger partial charge in [-0.2, -0.15) is 26.3 Å². The molecule has 0 unspecified atom stereocenters. The summed E-state index contributed by atoms with van der Waals surface area (Å²) in [4.78, 5) is 11.4. The van der Waals surface area contributed by atoms with Crippen molar-refractivity contribution in [2.24, 2.45) is 0 Å². The molecule has 0 fully saturated rings. The lowest BCUT2D eigenvalue weighted by atomic mass is 9.94. The first-order chi connectivity index (χ1) is 11.5. The number of halogens is 6. The standard InChI is InChI=1S/C17H8F6O2/c18-16(19,20)9-1-3-11-8(5-9)6-14(15(24)25)12-4-2-10(7-13(11)12)17(21,22)23/h1-7H,(H,24,25). The average Bonchev–Trinajstić information content (AvgIpc) is 2.51. The molecule has 1 N–H and O–H groups in total. The molecule has 0 aliphatic heterocycles. The van der Waals surface area contributed by atoms with Crippen molar-refractivity contribution in [3.8, 4) is 0 Å². The molecule has 2 nitrogen and oxygen atoms in total. The van der Waals surface area contributed by atoms with Gasteiger partial charge in [-0.25, -0.2) is 4.79 Å². The molecule has 0 amide bonds. The van der Waals surface area contributed by atoms with Crippen LogP contribution in [0, 0.1) is 0 Å². The van der Waals surface area contributed by atoms with Crippen molar-refractivity contribution in [3.05, 3.63) is 59.2 Å². The summed E-state index contributed by atoms with van der Waals surface area (Å²) in [6.07, 6.45) is -9.31. The lowest BCUT2D eigenvalue weighted by Crippen LogP contribution is -2.06. The third-order valence-electron chi connectivity index (χ3n) is 3.84. The summed E-state index contributed by atoms with van der Waals surface area (Å²) in [5.41, 5.74) is -2.39. The highest BCUT2D eigenvalue weighted by Crippen LogP contribution is 2.37. The maximum absolute atomic E-state index is 12.9. The van der Waals surface area contributed by atoms with E-state index in [0.29, 0.717) is 0 Å². The number of aromatic carboxylic acids is 1. The van der Waals surface area contributed by atoms with Gasteiger partial charge in [0.1, 0.15) is 0 Å². The Bertz CT molecular complexity index is 1000. The summed E-state index contributed by atoms with van der Waals surface area (Å²) in [5.74, 6) is -1.44. The molecule has 3 aromatic rings. The van der Waals surface area contributed by atoms with E-state index in [0.717, 1.165) is 42.5 Å². The molecule has 130 valence electrons. The molecule has 0 aliphatic carbocycles. The molecular weight excluding hydrogens is 350 g/mol. The molecule has 0 heterocycles. The molecule has 0 atom stereocenters. The van der Waals surface area contributed by atoms with E-state index >= 15 is 0 Å². The van der Waals surface area contributed by atoms with Crippen molar-refractivity contribution in [2.45, 2.75) is 12.4 Å². The van der Waals surface area contributed by atoms with Gasteiger partial charge in [0.2, 0.25) is 0 Å². The molecule has 0 saturated carbocycles. The van der Waals surface area contributed by atoms with Gasteiger partial charge in [0.25, 0.3) is 0 Å². The van der Waals surface area contributed by atoms with Gasteiger partial charge < -0.3 is 5.11 Å². The van der Waals surface area contributed by atoms with Crippen molar-refractivity contribution in [2.75, 3.05) is 0 Å². The van der Waals surface area contributed by atoms with Crippen LogP contribution >= 0.6 is 0 Å². The number of carboxylic acids is 1. The van der Waals surface area contributed by atoms with E-state index in [4.69, 9.17) is 0 Å². The zero-order chi connectivity index (χ0) is 18.6. The van der Waals surface area contributed by atoms with Crippen LogP contribution in [0.25, 0.3) is 21.5 Å². The largest absolute Gasteiger partial charge is 0.478 e. The zero-order valence-corrected chi connectivity index (χ0v) is 12.2. The molecule has 3 aromatic carbocycles. The Hall–Kier alpha value is -2.77. The highest BCUT2D eigenvalue weighted by Gasteiger charge is 2.32. The van der Waals surface area contributed by atoms with Crippen LogP contribution in [0.4, 0.5) is 26.3 Å². The van der Waals surface area contributed by atoms with Gasteiger partial charge in [0.15, 0.2) is 0 Å². The first kappa shape index (κ1) is 17.1. The molecule has 0 spiro atoms. The van der Waals surface area contributed by atoms with Gasteiger partial charge in [-0.15, -0.1) is 0 Å². The minimum atomic E-state index is -4.66. The minimum absolute atomic E-state index is 0.0211. The third kappa shape index (κ3) is 2.99. The maximum atomic E-state index is 12.9. The topological polar surface area (TPSA) is 37.3 Å². The Morgan fingerprint density at radius 2 is 1.24 bits per heavy atom. The number of carbonyl (C=O) groups is 1. The van der Waals surface area contributed by atoms with E-state index in [1.165, 1.54) is 0 Å². The van der Waals surface area contributed by atoms with Gasteiger partial charge in [0, 0.05) is 0 Å². The number of alkyl halides is 6. The van der Waals surface area contributed by atoms with E-state index in [1.807, 2.05) is 0 Å². The predicted molar refractivity (Wildman–Crippen MR) is 78.4 cm³/mol. The Morgan fingerprint density at radius 3 is 1.76 bits per heavy atom. The van der Waals surface area contributed by atoms with Crippen molar-refractivity contribution >= 4 is 27.5 Å². The van der Waals surface area contributed by atoms with Gasteiger partial charge in [-0.05, 0) is 51.9 Å². The minimum Gasteiger partial charge on any atom is -0.478 e. The van der Waals surface area contributed by atoms with Gasteiger partial charge in [-0.1, -0.05) is 12.1 Å². The van der Waals surface area contributed by atoms with Crippen LogP contribution in [-0.2, 0) is 12.4 Å². The lowest BCUT2D eigenvalue weighted by Gasteiger charge is -2.13. The Kier molecular flexibility index (Phi) is 3.66. The summed E-state index contributed by atoms with van der Waals surface area (Å²) in [5, 5.41) is 9.22. The van der Waals surface area contributed by atoms with E-state index < -0.39 is 29.4 Å². The lowest BCUT2D eigenvalue weighted by molar-refractivity contribution is -0.138. The second-order valence-electron chi connectivity index (χ2n) is 5.42. The van der Waals surface area contributed by atoms with Crippen molar-refractivity contribution < 1.29 is 36.2 Å². The number of rotatable bonds is 1. The quantitative estimate of drug-likeness (QED) is 0.446. The van der Waals surface area contributed by atoms with Crippen LogP contribution < -0.4 is 0 Å². The number of benzene rings is 3. The monoisotopic (exact) mass is 358 g/mol. The molecular formula is C17H8F6O2. The molecule has 0 bridgehead atoms. The van der Waals surface area contributed by atoms with Crippen molar-refractivity contribution in [3.63, 3.8) is 0 Å². The molecule has 25 heavy (non-hydrogen) atoms. The molecule has 3 rings (SSSR count). The van der Waals surface area contributed by atoms with Crippen molar-refractivity contribution in [1.82, 2.24) is 0 Å². The highest BCUT2D eigenvalue weighted by atomic mass is 19.4. The second-order valence-corrected chi connectivity index (χ2v) is 5.42. The Balaban J connectivity index is 2.44. The highest BCUT2D eigenvalue weighted by molar-refractivity contribution is 6.16. The van der Waals surface area contributed by atoms with Gasteiger partial charge in [0.05, 0.1) is 16.7 Å². The number of hydrogen-bond donors (Lipinski definition) is 1. The van der Waals surface area contributed by atoms with E-state index in [1.54, 1.807) is 0 Å². The molecule has 0 aliphatic rings. The molecule has 0 radical (unpaired) electrons. The first-order valence-electron chi connectivity index (χ1n) is 6.87. The molecule has 8 heteroatoms. The van der Waals surface area contributed by atoms with Crippen molar-refractivity contribution in [1.29, 1.82) is 0 Å². The first-order valence-corrected chi connectivity index (χ1v) is 6.87. The van der Waals surface area contributed by atoms with Crippen LogP contribution in [-0.4, -0.2) is 11.1 Å². The zero-order valence-electron chi connectivity index (χ0n) is 12.2. The fourth-order valence-electron chi connectivity index (χ4n) is 2.69. The molecule has 0 aromatic heterocycles. The van der Waals surface area contributed by atoms with E-state index in [2.05, 4.69) is 0 Å². The summed E-state index contributed by atoms with van der Waals surface area (Å²) >= 11 is 0. The fraction of sp³-hybridized carbons (Fsp3) is 0.118. The maximum Gasteiger partial charge on any atom is 0.416 e. The second kappa shape index (κ2) is 5.37. The van der Waals surface area contributed by atoms with Crippen LogP contribution in [0.1, 0.15) is 21.5 Å². The smallest absolute Gasteiger partial charge is 0.416 e. The number of carboxylic acid groups (broad SMARTS) is 1. The van der Waals surface area contributed by atoms with Crippen LogP contribution in [0.5, 0.6) is 0 Å². The predicted octanol–water partition coefficient (Wildman–Crippen LogP) is 5.73. The Labute approximate surface area is 136 Å². The van der Waals surface area contributed by atoms with E-state index in [9.17, 15) is 36.2 Å². The normalized spacial score (nSPS) is 12.7. The summed E-state index contributed by atoms with van der Waals surface area (Å²) in [6.45, 7) is 0. The van der Waals surface area contributed by atoms with Gasteiger partial charge >= 0.3 is 18.3 Å². The summed E-state index contributed by atoms with van der Waals surface area (Å²) < 4.78 is 77.3. The van der Waals surface area contributed by atoms with Crippen LogP contribution in [0.2, 0.25) is 0 Å². The SMILES string of the molecule is O=C(O)c1cc2cc(C(F)(F)F)ccc2c2cc(C(F)(F)F)ccc12. The van der Waals surface area contributed by atoms with Crippen LogP contribution in [0.3, 0.4) is 0 Å². The molecule has 0 saturated heterocycles. The fourth-order valence-corrected chi connectivity index (χ4v) is 2.69. The Morgan fingerprint density at radius 1 is 0.720 bits per heavy atom. The third-order valence-corrected chi connectivity index (χ3v) is 3.84. The summed E-state index contributed by atoms with van der Waals surface area (Å²) in [7, 11) is 0. The van der Waals surface area contributed by atoms with Crippen LogP contribution in [0.15, 0.2) is 42.5 Å². The number of fused-ring (bicyclic) bond motifs is 3. The average molecular weight is 358 g/mol. The number of hydrogen-bond acceptors (Lipinski definition) is 1. The summed E-state index contributed by atoms with van der Waals surface area (Å²) in [6, 6.07) is 6.06. The van der Waals surface area contributed by atoms with E-state index in [-0.39, 0.29) is 27.1 Å².